The Hall–Kier alpha value is -1.40. The van der Waals surface area contributed by atoms with Crippen LogP contribution in [0.4, 0.5) is 0 Å². The number of hydrogen-bond donors (Lipinski definition) is 2. The monoisotopic (exact) mass is 310 g/mol. The predicted octanol–water partition coefficient (Wildman–Crippen LogP) is 1.16. The van der Waals surface area contributed by atoms with Gasteiger partial charge < -0.3 is 5.32 Å². The molecule has 5 nitrogen and oxygen atoms in total. The van der Waals surface area contributed by atoms with Crippen molar-refractivity contribution in [3.63, 3.8) is 0 Å². The number of nitrogens with one attached hydrogen (secondary N) is 2. The Kier molecular flexibility index (Phi) is 5.00. The summed E-state index contributed by atoms with van der Waals surface area (Å²) in [6, 6.07) is 9.46. The lowest BCUT2D eigenvalue weighted by Gasteiger charge is -2.36. The van der Waals surface area contributed by atoms with E-state index in [2.05, 4.69) is 10.0 Å². The molecule has 1 fully saturated rings. The Bertz CT molecular complexity index is 578. The number of carbonyl (C=O) groups excluding carboxylic acids is 1. The number of carbonyl (C=O) groups is 1. The van der Waals surface area contributed by atoms with E-state index in [-0.39, 0.29) is 5.75 Å². The summed E-state index contributed by atoms with van der Waals surface area (Å²) in [4.78, 5) is 12.7. The summed E-state index contributed by atoms with van der Waals surface area (Å²) in [6.07, 6.45) is 1.69. The number of amides is 1. The molecule has 1 amide bonds. The lowest BCUT2D eigenvalue weighted by atomic mass is 9.72. The minimum absolute atomic E-state index is 0.0259. The Morgan fingerprint density at radius 2 is 1.86 bits per heavy atom. The topological polar surface area (TPSA) is 75.3 Å². The largest absolute Gasteiger partial charge is 0.317 e. The van der Waals surface area contributed by atoms with Crippen molar-refractivity contribution in [2.24, 2.45) is 0 Å². The molecule has 1 heterocycles. The molecule has 0 aliphatic carbocycles. The van der Waals surface area contributed by atoms with Gasteiger partial charge in [0.1, 0.15) is 0 Å². The lowest BCUT2D eigenvalue weighted by Crippen LogP contribution is -2.52. The number of piperidine rings is 1. The summed E-state index contributed by atoms with van der Waals surface area (Å²) >= 11 is 0. The van der Waals surface area contributed by atoms with E-state index in [4.69, 9.17) is 0 Å². The van der Waals surface area contributed by atoms with Crippen LogP contribution in [-0.2, 0) is 20.2 Å². The number of benzene rings is 1. The second kappa shape index (κ2) is 6.58. The highest BCUT2D eigenvalue weighted by Gasteiger charge is 2.42. The Morgan fingerprint density at radius 1 is 1.24 bits per heavy atom. The smallest absolute Gasteiger partial charge is 0.244 e. The first-order valence-corrected chi connectivity index (χ1v) is 8.96. The number of sulfonamides is 1. The van der Waals surface area contributed by atoms with Crippen molar-refractivity contribution in [1.82, 2.24) is 10.0 Å². The van der Waals surface area contributed by atoms with Gasteiger partial charge in [-0.05, 0) is 37.9 Å². The summed E-state index contributed by atoms with van der Waals surface area (Å²) < 4.78 is 26.1. The maximum Gasteiger partial charge on any atom is 0.244 e. The fourth-order valence-corrected chi connectivity index (χ4v) is 3.93. The van der Waals surface area contributed by atoms with Crippen molar-refractivity contribution in [3.05, 3.63) is 35.9 Å². The van der Waals surface area contributed by atoms with Gasteiger partial charge in [0.25, 0.3) is 0 Å². The van der Waals surface area contributed by atoms with E-state index in [9.17, 15) is 13.2 Å². The van der Waals surface area contributed by atoms with Crippen LogP contribution in [0.2, 0.25) is 0 Å². The first kappa shape index (κ1) is 16.0. The van der Waals surface area contributed by atoms with Gasteiger partial charge in [0.05, 0.1) is 11.2 Å². The molecular formula is C15H22N2O3S. The molecule has 1 aromatic rings. The van der Waals surface area contributed by atoms with Gasteiger partial charge in [-0.1, -0.05) is 37.3 Å². The molecule has 1 aliphatic heterocycles. The second-order valence-corrected chi connectivity index (χ2v) is 7.29. The van der Waals surface area contributed by atoms with Crippen LogP contribution in [0.1, 0.15) is 31.7 Å². The van der Waals surface area contributed by atoms with Crippen LogP contribution in [0, 0.1) is 0 Å². The van der Waals surface area contributed by atoms with Gasteiger partial charge in [-0.2, -0.15) is 0 Å². The number of rotatable bonds is 5. The normalized spacial score (nSPS) is 18.1. The van der Waals surface area contributed by atoms with E-state index in [0.717, 1.165) is 5.56 Å². The minimum Gasteiger partial charge on any atom is -0.317 e. The van der Waals surface area contributed by atoms with Crippen molar-refractivity contribution in [3.8, 4) is 0 Å². The highest BCUT2D eigenvalue weighted by Crippen LogP contribution is 2.33. The fraction of sp³-hybridized carbons (Fsp3) is 0.533. The average molecular weight is 310 g/mol. The summed E-state index contributed by atoms with van der Waals surface area (Å²) in [6.45, 7) is 3.19. The van der Waals surface area contributed by atoms with Gasteiger partial charge in [-0.25, -0.2) is 8.42 Å². The van der Waals surface area contributed by atoms with E-state index in [0.29, 0.717) is 32.4 Å². The third kappa shape index (κ3) is 3.63. The van der Waals surface area contributed by atoms with Crippen LogP contribution in [-0.4, -0.2) is 33.2 Å². The van der Waals surface area contributed by atoms with Crippen LogP contribution in [0.25, 0.3) is 0 Å². The standard InChI is InChI=1S/C15H22N2O3S/c1-2-12-21(19,20)17-14(18)15(8-10-16-11-9-15)13-6-4-3-5-7-13/h3-7,16H,2,8-12H2,1H3,(H,17,18). The zero-order chi connectivity index (χ0) is 15.3. The van der Waals surface area contributed by atoms with E-state index < -0.39 is 21.3 Å². The maximum atomic E-state index is 12.7. The first-order valence-electron chi connectivity index (χ1n) is 7.31. The summed E-state index contributed by atoms with van der Waals surface area (Å²) in [5.41, 5.74) is 0.128. The number of hydrogen-bond acceptors (Lipinski definition) is 4. The first-order chi connectivity index (χ1) is 10.0. The van der Waals surface area contributed by atoms with Crippen molar-refractivity contribution in [2.45, 2.75) is 31.6 Å². The Labute approximate surface area is 126 Å². The van der Waals surface area contributed by atoms with Crippen molar-refractivity contribution in [2.75, 3.05) is 18.8 Å². The Morgan fingerprint density at radius 3 is 2.43 bits per heavy atom. The second-order valence-electron chi connectivity index (χ2n) is 5.45. The lowest BCUT2D eigenvalue weighted by molar-refractivity contribution is -0.126. The summed E-state index contributed by atoms with van der Waals surface area (Å²) in [5.74, 6) is -0.425. The van der Waals surface area contributed by atoms with Crippen LogP contribution >= 0.6 is 0 Å². The highest BCUT2D eigenvalue weighted by atomic mass is 32.2. The van der Waals surface area contributed by atoms with Crippen LogP contribution in [0.3, 0.4) is 0 Å². The van der Waals surface area contributed by atoms with E-state index in [1.165, 1.54) is 0 Å². The van der Waals surface area contributed by atoms with Gasteiger partial charge in [-0.3, -0.25) is 9.52 Å². The van der Waals surface area contributed by atoms with Crippen molar-refractivity contribution in [1.29, 1.82) is 0 Å². The Balaban J connectivity index is 2.31. The molecule has 2 rings (SSSR count). The van der Waals surface area contributed by atoms with Crippen molar-refractivity contribution < 1.29 is 13.2 Å². The molecule has 6 heteroatoms. The van der Waals surface area contributed by atoms with Gasteiger partial charge in [-0.15, -0.1) is 0 Å². The molecular weight excluding hydrogens is 288 g/mol. The molecule has 116 valence electrons. The minimum atomic E-state index is -3.55. The van der Waals surface area contributed by atoms with Gasteiger partial charge >= 0.3 is 0 Å². The van der Waals surface area contributed by atoms with E-state index >= 15 is 0 Å². The molecule has 1 aromatic carbocycles. The van der Waals surface area contributed by atoms with E-state index in [1.54, 1.807) is 6.92 Å². The molecule has 0 saturated carbocycles. The van der Waals surface area contributed by atoms with Crippen molar-refractivity contribution >= 4 is 15.9 Å². The van der Waals surface area contributed by atoms with Gasteiger partial charge in [0.15, 0.2) is 0 Å². The third-order valence-corrected chi connectivity index (χ3v) is 5.38. The molecule has 0 atom stereocenters. The maximum absolute atomic E-state index is 12.7. The SMILES string of the molecule is CCCS(=O)(=O)NC(=O)C1(c2ccccc2)CCNCC1. The highest BCUT2D eigenvalue weighted by molar-refractivity contribution is 7.90. The molecule has 0 unspecified atom stereocenters. The molecule has 0 spiro atoms. The summed E-state index contributed by atoms with van der Waals surface area (Å²) in [5, 5.41) is 3.22. The quantitative estimate of drug-likeness (QED) is 0.856. The average Bonchev–Trinajstić information content (AvgIpc) is 2.48. The predicted molar refractivity (Wildman–Crippen MR) is 82.4 cm³/mol. The van der Waals surface area contributed by atoms with E-state index in [1.807, 2.05) is 30.3 Å². The zero-order valence-electron chi connectivity index (χ0n) is 12.3. The molecule has 0 radical (unpaired) electrons. The van der Waals surface area contributed by atoms with Crippen LogP contribution in [0.5, 0.6) is 0 Å². The third-order valence-electron chi connectivity index (χ3n) is 3.94. The molecule has 0 bridgehead atoms. The molecule has 0 aromatic heterocycles. The molecule has 2 N–H and O–H groups in total. The van der Waals surface area contributed by atoms with Crippen LogP contribution in [0.15, 0.2) is 30.3 Å². The van der Waals surface area contributed by atoms with Gasteiger partial charge in [0.2, 0.25) is 15.9 Å². The molecule has 1 saturated heterocycles. The van der Waals surface area contributed by atoms with Crippen LogP contribution < -0.4 is 10.0 Å². The zero-order valence-corrected chi connectivity index (χ0v) is 13.1. The molecule has 21 heavy (non-hydrogen) atoms. The van der Waals surface area contributed by atoms with Gasteiger partial charge in [0, 0.05) is 0 Å². The summed E-state index contributed by atoms with van der Waals surface area (Å²) in [7, 11) is -3.55. The molecule has 1 aliphatic rings. The fourth-order valence-electron chi connectivity index (χ4n) is 2.82.